The third kappa shape index (κ3) is 6.13. The zero-order valence-electron chi connectivity index (χ0n) is 12.8. The molecule has 8 heteroatoms. The van der Waals surface area contributed by atoms with E-state index in [4.69, 9.17) is 0 Å². The van der Waals surface area contributed by atoms with Crippen LogP contribution in [0, 0.1) is 0 Å². The molecule has 0 saturated carbocycles. The van der Waals surface area contributed by atoms with E-state index >= 15 is 0 Å². The summed E-state index contributed by atoms with van der Waals surface area (Å²) >= 11 is 0. The molecule has 7 nitrogen and oxygen atoms in total. The molecule has 0 spiro atoms. The first kappa shape index (κ1) is 18.0. The lowest BCUT2D eigenvalue weighted by Gasteiger charge is -2.14. The summed E-state index contributed by atoms with van der Waals surface area (Å²) in [7, 11) is -3.35. The Kier molecular flexibility index (Phi) is 6.36. The van der Waals surface area contributed by atoms with Crippen LogP contribution in [0.4, 0.5) is 5.69 Å². The van der Waals surface area contributed by atoms with Gasteiger partial charge in [0, 0.05) is 17.8 Å². The van der Waals surface area contributed by atoms with Gasteiger partial charge in [0.15, 0.2) is 0 Å². The van der Waals surface area contributed by atoms with Gasteiger partial charge in [0.1, 0.15) is 6.04 Å². The van der Waals surface area contributed by atoms with Gasteiger partial charge < -0.3 is 10.6 Å². The van der Waals surface area contributed by atoms with Crippen LogP contribution in [0.3, 0.4) is 0 Å². The number of nitrogens with one attached hydrogen (secondary N) is 3. The van der Waals surface area contributed by atoms with Gasteiger partial charge in [-0.2, -0.15) is 0 Å². The fraction of sp³-hybridized carbons (Fsp3) is 0.429. The molecule has 2 amide bonds. The molecule has 3 N–H and O–H groups in total. The van der Waals surface area contributed by atoms with E-state index in [2.05, 4.69) is 15.4 Å². The summed E-state index contributed by atoms with van der Waals surface area (Å²) in [6, 6.07) is 5.29. The van der Waals surface area contributed by atoms with Crippen LogP contribution in [0.1, 0.15) is 30.6 Å². The molecule has 22 heavy (non-hydrogen) atoms. The Balaban J connectivity index is 2.64. The van der Waals surface area contributed by atoms with Crippen molar-refractivity contribution in [2.75, 3.05) is 17.5 Å². The van der Waals surface area contributed by atoms with Crippen LogP contribution >= 0.6 is 0 Å². The quantitative estimate of drug-likeness (QED) is 0.686. The average Bonchev–Trinajstić information content (AvgIpc) is 2.43. The van der Waals surface area contributed by atoms with E-state index in [1.54, 1.807) is 6.92 Å². The highest BCUT2D eigenvalue weighted by atomic mass is 32.2. The van der Waals surface area contributed by atoms with Crippen molar-refractivity contribution in [3.05, 3.63) is 29.8 Å². The predicted octanol–water partition coefficient (Wildman–Crippen LogP) is 0.703. The van der Waals surface area contributed by atoms with Crippen LogP contribution < -0.4 is 15.4 Å². The molecule has 0 saturated heterocycles. The molecule has 0 heterocycles. The number of hydrogen-bond donors (Lipinski definition) is 3. The van der Waals surface area contributed by atoms with Crippen molar-refractivity contribution in [2.45, 2.75) is 26.3 Å². The van der Waals surface area contributed by atoms with E-state index in [9.17, 15) is 18.0 Å². The number of carbonyl (C=O) groups is 2. The van der Waals surface area contributed by atoms with Crippen LogP contribution in [-0.2, 0) is 14.8 Å². The maximum absolute atomic E-state index is 12.0. The number of carbonyl (C=O) groups excluding carboxylic acids is 2. The van der Waals surface area contributed by atoms with E-state index in [0.29, 0.717) is 17.8 Å². The topological polar surface area (TPSA) is 104 Å². The number of rotatable bonds is 7. The van der Waals surface area contributed by atoms with E-state index in [0.717, 1.165) is 12.7 Å². The zero-order chi connectivity index (χ0) is 16.8. The number of anilines is 1. The lowest BCUT2D eigenvalue weighted by molar-refractivity contribution is -0.122. The molecular formula is C14H21N3O4S. The van der Waals surface area contributed by atoms with Gasteiger partial charge >= 0.3 is 0 Å². The number of hydrogen-bond acceptors (Lipinski definition) is 4. The van der Waals surface area contributed by atoms with E-state index in [1.807, 2.05) is 6.92 Å². The van der Waals surface area contributed by atoms with E-state index < -0.39 is 22.0 Å². The highest BCUT2D eigenvalue weighted by Gasteiger charge is 2.16. The smallest absolute Gasteiger partial charge is 0.251 e. The Morgan fingerprint density at radius 2 is 1.77 bits per heavy atom. The third-order valence-corrected chi connectivity index (χ3v) is 3.35. The lowest BCUT2D eigenvalue weighted by Crippen LogP contribution is -2.44. The van der Waals surface area contributed by atoms with Crippen LogP contribution in [0.15, 0.2) is 24.3 Å². The maximum Gasteiger partial charge on any atom is 0.251 e. The summed E-state index contributed by atoms with van der Waals surface area (Å²) in [5.41, 5.74) is 0.710. The SMILES string of the molecule is CCCNC(=O)C(C)NC(=O)c1ccc(NS(C)(=O)=O)cc1. The van der Waals surface area contributed by atoms with E-state index in [1.165, 1.54) is 24.3 Å². The molecule has 1 atom stereocenters. The highest BCUT2D eigenvalue weighted by molar-refractivity contribution is 7.92. The Bertz CT molecular complexity index is 626. The summed E-state index contributed by atoms with van der Waals surface area (Å²) in [5.74, 6) is -0.643. The van der Waals surface area contributed by atoms with Crippen LogP contribution in [0.2, 0.25) is 0 Å². The molecule has 122 valence electrons. The minimum absolute atomic E-state index is 0.245. The number of amides is 2. The Hall–Kier alpha value is -2.09. The van der Waals surface area contributed by atoms with Gasteiger partial charge in [-0.3, -0.25) is 14.3 Å². The van der Waals surface area contributed by atoms with Gasteiger partial charge in [0.25, 0.3) is 5.91 Å². The number of benzene rings is 1. The van der Waals surface area contributed by atoms with Crippen LogP contribution in [-0.4, -0.2) is 39.1 Å². The Morgan fingerprint density at radius 3 is 2.27 bits per heavy atom. The highest BCUT2D eigenvalue weighted by Crippen LogP contribution is 2.11. The van der Waals surface area contributed by atoms with Crippen molar-refractivity contribution in [1.29, 1.82) is 0 Å². The molecule has 0 fully saturated rings. The Labute approximate surface area is 130 Å². The minimum Gasteiger partial charge on any atom is -0.354 e. The predicted molar refractivity (Wildman–Crippen MR) is 85.1 cm³/mol. The normalized spacial score (nSPS) is 12.3. The van der Waals surface area contributed by atoms with Crippen molar-refractivity contribution in [2.24, 2.45) is 0 Å². The average molecular weight is 327 g/mol. The second-order valence-electron chi connectivity index (χ2n) is 4.94. The molecule has 1 unspecified atom stereocenters. The Morgan fingerprint density at radius 1 is 1.18 bits per heavy atom. The molecule has 0 aliphatic rings. The lowest BCUT2D eigenvalue weighted by atomic mass is 10.2. The molecule has 0 aliphatic carbocycles. The van der Waals surface area contributed by atoms with Gasteiger partial charge in [0.2, 0.25) is 15.9 Å². The van der Waals surface area contributed by atoms with Crippen molar-refractivity contribution in [3.8, 4) is 0 Å². The fourth-order valence-corrected chi connectivity index (χ4v) is 2.21. The van der Waals surface area contributed by atoms with Gasteiger partial charge in [0.05, 0.1) is 6.26 Å². The molecule has 0 bridgehead atoms. The minimum atomic E-state index is -3.35. The van der Waals surface area contributed by atoms with Gasteiger partial charge in [-0.05, 0) is 37.6 Å². The van der Waals surface area contributed by atoms with Crippen molar-refractivity contribution >= 4 is 27.5 Å². The summed E-state index contributed by atoms with van der Waals surface area (Å²) < 4.78 is 24.5. The third-order valence-electron chi connectivity index (χ3n) is 2.74. The molecule has 0 radical (unpaired) electrons. The summed E-state index contributed by atoms with van der Waals surface area (Å²) in [4.78, 5) is 23.7. The summed E-state index contributed by atoms with van der Waals surface area (Å²) in [5, 5.41) is 5.28. The van der Waals surface area contributed by atoms with Gasteiger partial charge in [-0.1, -0.05) is 6.92 Å². The van der Waals surface area contributed by atoms with Crippen LogP contribution in [0.5, 0.6) is 0 Å². The fourth-order valence-electron chi connectivity index (χ4n) is 1.65. The second kappa shape index (κ2) is 7.79. The molecule has 0 aliphatic heterocycles. The van der Waals surface area contributed by atoms with Crippen molar-refractivity contribution in [1.82, 2.24) is 10.6 Å². The summed E-state index contributed by atoms with van der Waals surface area (Å²) in [6.45, 7) is 4.10. The molecule has 1 aromatic rings. The molecular weight excluding hydrogens is 306 g/mol. The van der Waals surface area contributed by atoms with Gasteiger partial charge in [-0.25, -0.2) is 8.42 Å². The standard InChI is InChI=1S/C14H21N3O4S/c1-4-9-15-13(18)10(2)16-14(19)11-5-7-12(8-6-11)17-22(3,20)21/h5-8,10,17H,4,9H2,1-3H3,(H,15,18)(H,16,19). The van der Waals surface area contributed by atoms with E-state index in [-0.39, 0.29) is 5.91 Å². The first-order valence-electron chi connectivity index (χ1n) is 6.89. The van der Waals surface area contributed by atoms with Gasteiger partial charge in [-0.15, -0.1) is 0 Å². The van der Waals surface area contributed by atoms with Crippen LogP contribution in [0.25, 0.3) is 0 Å². The first-order chi connectivity index (χ1) is 10.2. The number of sulfonamides is 1. The molecule has 1 aromatic carbocycles. The van der Waals surface area contributed by atoms with Crippen molar-refractivity contribution < 1.29 is 18.0 Å². The van der Waals surface area contributed by atoms with Crippen molar-refractivity contribution in [3.63, 3.8) is 0 Å². The zero-order valence-corrected chi connectivity index (χ0v) is 13.7. The molecule has 0 aromatic heterocycles. The molecule has 1 rings (SSSR count). The first-order valence-corrected chi connectivity index (χ1v) is 8.78. The maximum atomic E-state index is 12.0. The summed E-state index contributed by atoms with van der Waals surface area (Å²) in [6.07, 6.45) is 1.87. The largest absolute Gasteiger partial charge is 0.354 e. The second-order valence-corrected chi connectivity index (χ2v) is 6.69. The monoisotopic (exact) mass is 327 g/mol.